The van der Waals surface area contributed by atoms with E-state index in [1.165, 1.54) is 0 Å². The first-order valence-electron chi connectivity index (χ1n) is 10.2. The van der Waals surface area contributed by atoms with Crippen LogP contribution in [-0.4, -0.2) is 42.1 Å². The zero-order valence-electron chi connectivity index (χ0n) is 17.4. The van der Waals surface area contributed by atoms with Gasteiger partial charge in [-0.25, -0.2) is 0 Å². The van der Waals surface area contributed by atoms with Crippen molar-refractivity contribution in [2.75, 3.05) is 20.3 Å². The number of nitro groups is 1. The van der Waals surface area contributed by atoms with E-state index in [2.05, 4.69) is 4.90 Å². The van der Waals surface area contributed by atoms with Gasteiger partial charge in [0.2, 0.25) is 6.04 Å². The standard InChI is InChI=1S/C23H28N2O5/c1-3-30-21(26)15-19-13-14-24(16-17-7-5-4-6-8-17)22(23(19)25(27)28)18-9-11-20(29-2)12-10-18/h4-12,19,22-23H,3,13-16H2,1-2H3/t19-,22-,23+/m0/s1. The molecule has 1 aliphatic rings. The van der Waals surface area contributed by atoms with E-state index < -0.39 is 12.1 Å². The van der Waals surface area contributed by atoms with Crippen molar-refractivity contribution in [2.45, 2.75) is 38.4 Å². The second-order valence-electron chi connectivity index (χ2n) is 7.51. The van der Waals surface area contributed by atoms with Crippen molar-refractivity contribution in [3.05, 3.63) is 75.8 Å². The first-order valence-corrected chi connectivity index (χ1v) is 10.2. The first-order chi connectivity index (χ1) is 14.5. The van der Waals surface area contributed by atoms with Crippen molar-refractivity contribution in [1.29, 1.82) is 0 Å². The summed E-state index contributed by atoms with van der Waals surface area (Å²) in [5, 5.41) is 12.2. The van der Waals surface area contributed by atoms with Gasteiger partial charge in [-0.3, -0.25) is 19.8 Å². The van der Waals surface area contributed by atoms with Gasteiger partial charge in [0, 0.05) is 17.4 Å². The predicted octanol–water partition coefficient (Wildman–Crippen LogP) is 3.86. The van der Waals surface area contributed by atoms with Crippen LogP contribution in [-0.2, 0) is 16.1 Å². The summed E-state index contributed by atoms with van der Waals surface area (Å²) in [7, 11) is 1.59. The number of methoxy groups -OCH3 is 1. The van der Waals surface area contributed by atoms with E-state index >= 15 is 0 Å². The van der Waals surface area contributed by atoms with Gasteiger partial charge in [-0.05, 0) is 43.1 Å². The number of nitrogens with zero attached hydrogens (tertiary/aromatic N) is 2. The lowest BCUT2D eigenvalue weighted by atomic mass is 9.80. The van der Waals surface area contributed by atoms with Gasteiger partial charge >= 0.3 is 5.97 Å². The van der Waals surface area contributed by atoms with Crippen molar-refractivity contribution in [2.24, 2.45) is 5.92 Å². The fraction of sp³-hybridized carbons (Fsp3) is 0.435. The SMILES string of the molecule is CCOC(=O)C[C@@H]1CCN(Cc2ccccc2)[C@@H](c2ccc(OC)cc2)[C@@H]1[N+](=O)[O-]. The molecular formula is C23H28N2O5. The van der Waals surface area contributed by atoms with Gasteiger partial charge in [0.15, 0.2) is 0 Å². The summed E-state index contributed by atoms with van der Waals surface area (Å²) < 4.78 is 10.3. The second kappa shape index (κ2) is 10.2. The summed E-state index contributed by atoms with van der Waals surface area (Å²) in [6, 6.07) is 16.0. The molecule has 1 saturated heterocycles. The number of likely N-dealkylation sites (tertiary alicyclic amines) is 1. The number of benzene rings is 2. The molecule has 0 aromatic heterocycles. The van der Waals surface area contributed by atoms with Gasteiger partial charge in [-0.15, -0.1) is 0 Å². The lowest BCUT2D eigenvalue weighted by molar-refractivity contribution is -0.545. The molecular weight excluding hydrogens is 384 g/mol. The highest BCUT2D eigenvalue weighted by Gasteiger charge is 2.47. The van der Waals surface area contributed by atoms with E-state index in [-0.39, 0.29) is 29.8 Å². The molecule has 0 aliphatic carbocycles. The molecule has 160 valence electrons. The molecule has 0 amide bonds. The maximum absolute atomic E-state index is 12.2. The fourth-order valence-electron chi connectivity index (χ4n) is 4.26. The molecule has 0 saturated carbocycles. The van der Waals surface area contributed by atoms with Crippen LogP contribution in [0.4, 0.5) is 0 Å². The Kier molecular flexibility index (Phi) is 7.41. The third-order valence-electron chi connectivity index (χ3n) is 5.65. The number of esters is 1. The average Bonchev–Trinajstić information content (AvgIpc) is 2.75. The first kappa shape index (κ1) is 21.8. The number of carbonyl (C=O) groups excluding carboxylic acids is 1. The number of hydrogen-bond acceptors (Lipinski definition) is 6. The number of rotatable bonds is 8. The lowest BCUT2D eigenvalue weighted by Crippen LogP contribution is -2.50. The highest BCUT2D eigenvalue weighted by Crippen LogP contribution is 2.39. The van der Waals surface area contributed by atoms with Crippen LogP contribution >= 0.6 is 0 Å². The summed E-state index contributed by atoms with van der Waals surface area (Å²) in [6.45, 7) is 3.29. The molecule has 0 N–H and O–H groups in total. The number of hydrogen-bond donors (Lipinski definition) is 0. The van der Waals surface area contributed by atoms with Crippen LogP contribution in [0.2, 0.25) is 0 Å². The maximum atomic E-state index is 12.2. The van der Waals surface area contributed by atoms with Gasteiger partial charge in [0.1, 0.15) is 11.8 Å². The maximum Gasteiger partial charge on any atom is 0.306 e. The van der Waals surface area contributed by atoms with Crippen molar-refractivity contribution in [1.82, 2.24) is 4.90 Å². The van der Waals surface area contributed by atoms with E-state index in [4.69, 9.17) is 9.47 Å². The Morgan fingerprint density at radius 3 is 2.47 bits per heavy atom. The van der Waals surface area contributed by atoms with Crippen LogP contribution in [0.25, 0.3) is 0 Å². The van der Waals surface area contributed by atoms with Crippen LogP contribution in [0.3, 0.4) is 0 Å². The Balaban J connectivity index is 1.94. The van der Waals surface area contributed by atoms with Crippen LogP contribution < -0.4 is 4.74 Å². The molecule has 1 fully saturated rings. The Morgan fingerprint density at radius 2 is 1.87 bits per heavy atom. The van der Waals surface area contributed by atoms with Crippen LogP contribution in [0.5, 0.6) is 5.75 Å². The van der Waals surface area contributed by atoms with E-state index in [9.17, 15) is 14.9 Å². The molecule has 2 aromatic carbocycles. The summed E-state index contributed by atoms with van der Waals surface area (Å²) in [5.74, 6) is -0.0533. The fourth-order valence-corrected chi connectivity index (χ4v) is 4.26. The van der Waals surface area contributed by atoms with Crippen molar-refractivity contribution in [3.8, 4) is 5.75 Å². The highest BCUT2D eigenvalue weighted by molar-refractivity contribution is 5.69. The molecule has 3 atom stereocenters. The second-order valence-corrected chi connectivity index (χ2v) is 7.51. The minimum atomic E-state index is -0.903. The molecule has 0 radical (unpaired) electrons. The van der Waals surface area contributed by atoms with Gasteiger partial charge in [-0.2, -0.15) is 0 Å². The topological polar surface area (TPSA) is 81.9 Å². The largest absolute Gasteiger partial charge is 0.497 e. The molecule has 0 unspecified atom stereocenters. The molecule has 0 spiro atoms. The Labute approximate surface area is 176 Å². The number of piperidine rings is 1. The summed E-state index contributed by atoms with van der Waals surface area (Å²) in [5.41, 5.74) is 1.95. The van der Waals surface area contributed by atoms with Crippen molar-refractivity contribution >= 4 is 5.97 Å². The van der Waals surface area contributed by atoms with Crippen LogP contribution in [0, 0.1) is 16.0 Å². The number of carbonyl (C=O) groups is 1. The zero-order valence-corrected chi connectivity index (χ0v) is 17.4. The van der Waals surface area contributed by atoms with E-state index in [0.29, 0.717) is 25.3 Å². The van der Waals surface area contributed by atoms with Crippen molar-refractivity contribution in [3.63, 3.8) is 0 Å². The van der Waals surface area contributed by atoms with E-state index in [0.717, 1.165) is 11.1 Å². The molecule has 7 nitrogen and oxygen atoms in total. The predicted molar refractivity (Wildman–Crippen MR) is 113 cm³/mol. The Morgan fingerprint density at radius 1 is 1.17 bits per heavy atom. The minimum absolute atomic E-state index is 0.0608. The van der Waals surface area contributed by atoms with Crippen LogP contribution in [0.1, 0.15) is 36.9 Å². The van der Waals surface area contributed by atoms with E-state index in [1.807, 2.05) is 54.6 Å². The Bertz CT molecular complexity index is 840. The molecule has 30 heavy (non-hydrogen) atoms. The third-order valence-corrected chi connectivity index (χ3v) is 5.65. The van der Waals surface area contributed by atoms with E-state index in [1.54, 1.807) is 14.0 Å². The average molecular weight is 412 g/mol. The summed E-state index contributed by atoms with van der Waals surface area (Å²) in [4.78, 5) is 26.2. The minimum Gasteiger partial charge on any atom is -0.497 e. The van der Waals surface area contributed by atoms with Gasteiger partial charge < -0.3 is 9.47 Å². The molecule has 0 bridgehead atoms. The quantitative estimate of drug-likeness (QED) is 0.372. The molecule has 2 aromatic rings. The normalized spacial score (nSPS) is 21.7. The molecule has 7 heteroatoms. The smallest absolute Gasteiger partial charge is 0.306 e. The van der Waals surface area contributed by atoms with Gasteiger partial charge in [-0.1, -0.05) is 42.5 Å². The zero-order chi connectivity index (χ0) is 21.5. The summed E-state index contributed by atoms with van der Waals surface area (Å²) >= 11 is 0. The Hall–Kier alpha value is -2.93. The number of ether oxygens (including phenoxy) is 2. The highest BCUT2D eigenvalue weighted by atomic mass is 16.6. The third kappa shape index (κ3) is 5.16. The van der Waals surface area contributed by atoms with Crippen LogP contribution in [0.15, 0.2) is 54.6 Å². The van der Waals surface area contributed by atoms with Gasteiger partial charge in [0.25, 0.3) is 0 Å². The van der Waals surface area contributed by atoms with Gasteiger partial charge in [0.05, 0.1) is 20.1 Å². The monoisotopic (exact) mass is 412 g/mol. The molecule has 1 aliphatic heterocycles. The molecule has 3 rings (SSSR count). The lowest BCUT2D eigenvalue weighted by Gasteiger charge is -2.41. The van der Waals surface area contributed by atoms with Crippen molar-refractivity contribution < 1.29 is 19.2 Å². The summed E-state index contributed by atoms with van der Waals surface area (Å²) in [6.07, 6.45) is 0.634. The molecule has 1 heterocycles.